The van der Waals surface area contributed by atoms with Gasteiger partial charge in [0.15, 0.2) is 0 Å². The molecule has 1 amide bonds. The van der Waals surface area contributed by atoms with Gasteiger partial charge < -0.3 is 15.1 Å². The van der Waals surface area contributed by atoms with Crippen LogP contribution in [0.4, 0.5) is 11.4 Å². The molecule has 1 aliphatic heterocycles. The lowest BCUT2D eigenvalue weighted by Gasteiger charge is -2.37. The third-order valence-corrected chi connectivity index (χ3v) is 4.60. The number of amides is 1. The molecule has 1 N–H and O–H groups in total. The topological polar surface area (TPSA) is 35.6 Å². The number of anilines is 2. The molecule has 3 rings (SSSR count). The molecule has 0 atom stereocenters. The standard InChI is InChI=1S/C20H22ClN3O/c1-16(15-20(25)22-18-5-3-2-4-6-18)23-11-13-24(14-12-23)19-9-7-17(21)8-10-19/h2-10,15H,11-14H2,1H3,(H,22,25)/b16-15-. The summed E-state index contributed by atoms with van der Waals surface area (Å²) >= 11 is 5.95. The third kappa shape index (κ3) is 4.77. The van der Waals surface area contributed by atoms with Crippen molar-refractivity contribution in [3.8, 4) is 0 Å². The second-order valence-electron chi connectivity index (χ2n) is 6.09. The molecule has 1 aliphatic rings. The molecule has 0 saturated carbocycles. The van der Waals surface area contributed by atoms with Gasteiger partial charge >= 0.3 is 0 Å². The van der Waals surface area contributed by atoms with Gasteiger partial charge in [0.05, 0.1) is 0 Å². The summed E-state index contributed by atoms with van der Waals surface area (Å²) in [5, 5.41) is 3.64. The van der Waals surface area contributed by atoms with Crippen LogP contribution in [0.5, 0.6) is 0 Å². The predicted molar refractivity (Wildman–Crippen MR) is 104 cm³/mol. The Bertz CT molecular complexity index is 735. The summed E-state index contributed by atoms with van der Waals surface area (Å²) < 4.78 is 0. The number of hydrogen-bond donors (Lipinski definition) is 1. The molecule has 2 aromatic rings. The molecule has 2 aromatic carbocycles. The zero-order chi connectivity index (χ0) is 17.6. The van der Waals surface area contributed by atoms with E-state index >= 15 is 0 Å². The number of carbonyl (C=O) groups excluding carboxylic acids is 1. The van der Waals surface area contributed by atoms with Gasteiger partial charge in [-0.25, -0.2) is 0 Å². The number of nitrogens with one attached hydrogen (secondary N) is 1. The van der Waals surface area contributed by atoms with E-state index in [9.17, 15) is 4.79 Å². The molecule has 1 fully saturated rings. The number of carbonyl (C=O) groups is 1. The summed E-state index contributed by atoms with van der Waals surface area (Å²) in [7, 11) is 0. The molecule has 0 aliphatic carbocycles. The van der Waals surface area contributed by atoms with Crippen LogP contribution in [0.1, 0.15) is 6.92 Å². The lowest BCUT2D eigenvalue weighted by Crippen LogP contribution is -2.45. The highest BCUT2D eigenvalue weighted by molar-refractivity contribution is 6.30. The Hall–Kier alpha value is -2.46. The van der Waals surface area contributed by atoms with Crippen LogP contribution in [0.3, 0.4) is 0 Å². The van der Waals surface area contributed by atoms with Crippen molar-refractivity contribution in [1.82, 2.24) is 4.90 Å². The van der Waals surface area contributed by atoms with Gasteiger partial charge in [-0.3, -0.25) is 4.79 Å². The van der Waals surface area contributed by atoms with Crippen LogP contribution in [0.2, 0.25) is 5.02 Å². The van der Waals surface area contributed by atoms with Gasteiger partial charge in [0.1, 0.15) is 0 Å². The molecule has 0 radical (unpaired) electrons. The Labute approximate surface area is 153 Å². The zero-order valence-electron chi connectivity index (χ0n) is 14.3. The molecule has 0 bridgehead atoms. The average molecular weight is 356 g/mol. The maximum absolute atomic E-state index is 12.1. The third-order valence-electron chi connectivity index (χ3n) is 4.35. The first-order valence-electron chi connectivity index (χ1n) is 8.41. The molecule has 0 spiro atoms. The largest absolute Gasteiger partial charge is 0.371 e. The normalized spacial score (nSPS) is 15.2. The van der Waals surface area contributed by atoms with Gasteiger partial charge in [0, 0.05) is 54.3 Å². The predicted octanol–water partition coefficient (Wildman–Crippen LogP) is 4.00. The number of rotatable bonds is 4. The van der Waals surface area contributed by atoms with Crippen molar-refractivity contribution < 1.29 is 4.79 Å². The van der Waals surface area contributed by atoms with Gasteiger partial charge in [-0.2, -0.15) is 0 Å². The Morgan fingerprint density at radius 1 is 1.00 bits per heavy atom. The molecule has 1 heterocycles. The molecular weight excluding hydrogens is 334 g/mol. The summed E-state index contributed by atoms with van der Waals surface area (Å²) in [6.45, 7) is 5.62. The molecule has 4 nitrogen and oxygen atoms in total. The van der Waals surface area contributed by atoms with Crippen molar-refractivity contribution in [2.75, 3.05) is 36.4 Å². The van der Waals surface area contributed by atoms with Crippen LogP contribution in [0.25, 0.3) is 0 Å². The van der Waals surface area contributed by atoms with E-state index in [2.05, 4.69) is 15.1 Å². The summed E-state index contributed by atoms with van der Waals surface area (Å²) in [4.78, 5) is 16.7. The van der Waals surface area contributed by atoms with E-state index in [0.29, 0.717) is 0 Å². The minimum atomic E-state index is -0.0937. The Morgan fingerprint density at radius 2 is 1.64 bits per heavy atom. The highest BCUT2D eigenvalue weighted by atomic mass is 35.5. The van der Waals surface area contributed by atoms with Crippen molar-refractivity contribution in [2.24, 2.45) is 0 Å². The first kappa shape index (κ1) is 17.4. The van der Waals surface area contributed by atoms with Gasteiger partial charge in [0.2, 0.25) is 5.91 Å². The quantitative estimate of drug-likeness (QED) is 0.842. The van der Waals surface area contributed by atoms with Gasteiger partial charge in [-0.1, -0.05) is 29.8 Å². The summed E-state index contributed by atoms with van der Waals surface area (Å²) in [6.07, 6.45) is 1.67. The number of benzene rings is 2. The highest BCUT2D eigenvalue weighted by Crippen LogP contribution is 2.20. The van der Waals surface area contributed by atoms with E-state index in [1.807, 2.05) is 61.5 Å². The van der Waals surface area contributed by atoms with E-state index in [1.54, 1.807) is 6.08 Å². The van der Waals surface area contributed by atoms with Crippen LogP contribution in [-0.2, 0) is 4.79 Å². The summed E-state index contributed by atoms with van der Waals surface area (Å²) in [6, 6.07) is 17.4. The fourth-order valence-electron chi connectivity index (χ4n) is 2.95. The molecule has 130 valence electrons. The van der Waals surface area contributed by atoms with Gasteiger partial charge in [-0.15, -0.1) is 0 Å². The molecular formula is C20H22ClN3O. The number of para-hydroxylation sites is 1. The minimum absolute atomic E-state index is 0.0937. The molecule has 0 aromatic heterocycles. The molecule has 1 saturated heterocycles. The smallest absolute Gasteiger partial charge is 0.250 e. The van der Waals surface area contributed by atoms with Gasteiger partial charge in [0.25, 0.3) is 0 Å². The minimum Gasteiger partial charge on any atom is -0.371 e. The molecule has 0 unspecified atom stereocenters. The van der Waals surface area contributed by atoms with E-state index in [4.69, 9.17) is 11.6 Å². The Morgan fingerprint density at radius 3 is 2.28 bits per heavy atom. The van der Waals surface area contributed by atoms with E-state index in [-0.39, 0.29) is 5.91 Å². The number of piperazine rings is 1. The first-order chi connectivity index (χ1) is 12.1. The van der Waals surface area contributed by atoms with Crippen LogP contribution in [0, 0.1) is 0 Å². The zero-order valence-corrected chi connectivity index (χ0v) is 15.0. The SMILES string of the molecule is C/C(=C/C(=O)Nc1ccccc1)N1CCN(c2ccc(Cl)cc2)CC1. The van der Waals surface area contributed by atoms with E-state index in [0.717, 1.165) is 42.6 Å². The average Bonchev–Trinajstić information content (AvgIpc) is 2.63. The maximum Gasteiger partial charge on any atom is 0.250 e. The van der Waals surface area contributed by atoms with Crippen LogP contribution in [-0.4, -0.2) is 37.0 Å². The number of halogens is 1. The van der Waals surface area contributed by atoms with Crippen molar-refractivity contribution in [3.63, 3.8) is 0 Å². The fraction of sp³-hybridized carbons (Fsp3) is 0.250. The van der Waals surface area contributed by atoms with Crippen LogP contribution >= 0.6 is 11.6 Å². The highest BCUT2D eigenvalue weighted by Gasteiger charge is 2.17. The monoisotopic (exact) mass is 355 g/mol. The second-order valence-corrected chi connectivity index (χ2v) is 6.53. The van der Waals surface area contributed by atoms with Crippen molar-refractivity contribution >= 4 is 28.9 Å². The van der Waals surface area contributed by atoms with Crippen LogP contribution < -0.4 is 10.2 Å². The summed E-state index contributed by atoms with van der Waals surface area (Å²) in [5.41, 5.74) is 2.99. The lowest BCUT2D eigenvalue weighted by atomic mass is 10.2. The second kappa shape index (κ2) is 8.08. The summed E-state index contributed by atoms with van der Waals surface area (Å²) in [5.74, 6) is -0.0937. The van der Waals surface area contributed by atoms with E-state index in [1.165, 1.54) is 5.69 Å². The Balaban J connectivity index is 1.54. The molecule has 5 heteroatoms. The fourth-order valence-corrected chi connectivity index (χ4v) is 3.08. The lowest BCUT2D eigenvalue weighted by molar-refractivity contribution is -0.112. The van der Waals surface area contributed by atoms with E-state index < -0.39 is 0 Å². The van der Waals surface area contributed by atoms with Crippen molar-refractivity contribution in [2.45, 2.75) is 6.92 Å². The maximum atomic E-state index is 12.1. The van der Waals surface area contributed by atoms with Crippen molar-refractivity contribution in [1.29, 1.82) is 0 Å². The van der Waals surface area contributed by atoms with Gasteiger partial charge in [-0.05, 0) is 43.3 Å². The molecule has 25 heavy (non-hydrogen) atoms. The number of nitrogens with zero attached hydrogens (tertiary/aromatic N) is 2. The van der Waals surface area contributed by atoms with Crippen molar-refractivity contribution in [3.05, 3.63) is 71.4 Å². The Kier molecular flexibility index (Phi) is 5.61. The number of allylic oxidation sites excluding steroid dienone is 1. The first-order valence-corrected chi connectivity index (χ1v) is 8.79. The number of hydrogen-bond acceptors (Lipinski definition) is 3. The van der Waals surface area contributed by atoms with Crippen LogP contribution in [0.15, 0.2) is 66.4 Å².